The maximum Gasteiger partial charge on any atom is 0.170 e. The van der Waals surface area contributed by atoms with Gasteiger partial charge in [-0.3, -0.25) is 0 Å². The van der Waals surface area contributed by atoms with Crippen LogP contribution in [0.5, 0.6) is 23.0 Å². The Morgan fingerprint density at radius 1 is 0.800 bits per heavy atom. The third kappa shape index (κ3) is 7.09. The number of hydrogen-bond donors (Lipinski definition) is 2. The monoisotopic (exact) mass is 473 g/mol. The van der Waals surface area contributed by atoms with Crippen LogP contribution in [0.1, 0.15) is 74.7 Å². The van der Waals surface area contributed by atoms with E-state index in [1.54, 1.807) is 0 Å². The highest BCUT2D eigenvalue weighted by Crippen LogP contribution is 2.38. The number of rotatable bonds is 10. The van der Waals surface area contributed by atoms with E-state index in [9.17, 15) is 5.11 Å². The first kappa shape index (κ1) is 25.3. The summed E-state index contributed by atoms with van der Waals surface area (Å²) in [7, 11) is 0. The Kier molecular flexibility index (Phi) is 8.84. The van der Waals surface area contributed by atoms with E-state index in [2.05, 4.69) is 26.1 Å². The van der Waals surface area contributed by atoms with Gasteiger partial charge in [-0.05, 0) is 75.1 Å². The van der Waals surface area contributed by atoms with Gasteiger partial charge in [0, 0.05) is 12.1 Å². The van der Waals surface area contributed by atoms with Crippen molar-refractivity contribution < 1.29 is 14.6 Å². The predicted octanol–water partition coefficient (Wildman–Crippen LogP) is 8.01. The van der Waals surface area contributed by atoms with Crippen LogP contribution in [0.25, 0.3) is 0 Å². The van der Waals surface area contributed by atoms with Gasteiger partial charge in [0.15, 0.2) is 11.5 Å². The van der Waals surface area contributed by atoms with Gasteiger partial charge in [0.05, 0.1) is 6.10 Å². The zero-order valence-corrected chi connectivity index (χ0v) is 21.3. The molecule has 3 aromatic rings. The number of aryl methyl sites for hydroxylation is 2. The van der Waals surface area contributed by atoms with Crippen molar-refractivity contribution in [3.63, 3.8) is 0 Å². The van der Waals surface area contributed by atoms with E-state index in [-0.39, 0.29) is 6.04 Å². The number of aliphatic hydroxyl groups excluding tert-OH is 1. The van der Waals surface area contributed by atoms with E-state index in [1.807, 2.05) is 66.7 Å². The number of nitrogens with one attached hydrogen (secondary N) is 1. The molecular weight excluding hydrogens is 434 g/mol. The maximum absolute atomic E-state index is 11.4. The second-order valence-electron chi connectivity index (χ2n) is 9.88. The van der Waals surface area contributed by atoms with Crippen molar-refractivity contribution in [2.45, 2.75) is 83.9 Å². The van der Waals surface area contributed by atoms with Crippen molar-refractivity contribution in [2.75, 3.05) is 0 Å². The van der Waals surface area contributed by atoms with Gasteiger partial charge >= 0.3 is 0 Å². The lowest BCUT2D eigenvalue weighted by atomic mass is 9.92. The third-order valence-corrected chi connectivity index (χ3v) is 6.84. The molecule has 0 spiro atoms. The molecule has 4 heteroatoms. The highest BCUT2D eigenvalue weighted by atomic mass is 16.5. The Labute approximate surface area is 210 Å². The fourth-order valence-corrected chi connectivity index (χ4v) is 4.79. The second-order valence-corrected chi connectivity index (χ2v) is 9.88. The molecule has 3 aromatic carbocycles. The molecule has 2 unspecified atom stereocenters. The first-order valence-corrected chi connectivity index (χ1v) is 13.1. The number of aliphatic hydroxyl groups is 1. The lowest BCUT2D eigenvalue weighted by Crippen LogP contribution is -2.42. The first-order valence-electron chi connectivity index (χ1n) is 13.1. The summed E-state index contributed by atoms with van der Waals surface area (Å²) in [5.74, 6) is 2.71. The van der Waals surface area contributed by atoms with Gasteiger partial charge in [0.25, 0.3) is 0 Å². The lowest BCUT2D eigenvalue weighted by Gasteiger charge is -2.31. The minimum absolute atomic E-state index is 0.0131. The molecule has 2 atom stereocenters. The van der Waals surface area contributed by atoms with Crippen molar-refractivity contribution in [3.8, 4) is 23.0 Å². The van der Waals surface area contributed by atoms with Gasteiger partial charge < -0.3 is 19.9 Å². The smallest absolute Gasteiger partial charge is 0.170 e. The van der Waals surface area contributed by atoms with E-state index in [0.29, 0.717) is 17.5 Å². The van der Waals surface area contributed by atoms with Crippen LogP contribution < -0.4 is 14.8 Å². The van der Waals surface area contributed by atoms with Crippen LogP contribution in [0.4, 0.5) is 0 Å². The van der Waals surface area contributed by atoms with Gasteiger partial charge in [-0.1, -0.05) is 74.1 Å². The van der Waals surface area contributed by atoms with Gasteiger partial charge in [-0.25, -0.2) is 0 Å². The zero-order chi connectivity index (χ0) is 24.6. The molecule has 0 amide bonds. The molecular formula is C31H39NO3. The molecule has 0 heterocycles. The van der Waals surface area contributed by atoms with Crippen LogP contribution in [0, 0.1) is 13.8 Å². The van der Waals surface area contributed by atoms with Crippen molar-refractivity contribution in [2.24, 2.45) is 0 Å². The Hall–Kier alpha value is -2.82. The second kappa shape index (κ2) is 12.2. The molecule has 1 aliphatic carbocycles. The SMILES string of the molecule is CCCC(NC1CCCCC1)C(O)c1ccc(Oc2ccc(C)cc2)c(Oc2ccc(C)cc2)c1. The molecule has 186 valence electrons. The minimum Gasteiger partial charge on any atom is -0.453 e. The van der Waals surface area contributed by atoms with Crippen molar-refractivity contribution in [1.29, 1.82) is 0 Å². The van der Waals surface area contributed by atoms with Crippen molar-refractivity contribution >= 4 is 0 Å². The summed E-state index contributed by atoms with van der Waals surface area (Å²) in [4.78, 5) is 0. The van der Waals surface area contributed by atoms with Crippen molar-refractivity contribution in [3.05, 3.63) is 83.4 Å². The highest BCUT2D eigenvalue weighted by molar-refractivity contribution is 5.48. The Morgan fingerprint density at radius 2 is 1.37 bits per heavy atom. The maximum atomic E-state index is 11.4. The topological polar surface area (TPSA) is 50.7 Å². The van der Waals surface area contributed by atoms with Crippen LogP contribution in [0.2, 0.25) is 0 Å². The Bertz CT molecular complexity index is 1060. The van der Waals surface area contributed by atoms with Crippen LogP contribution >= 0.6 is 0 Å². The fourth-order valence-electron chi connectivity index (χ4n) is 4.79. The molecule has 4 nitrogen and oxygen atoms in total. The molecule has 1 aliphatic rings. The van der Waals surface area contributed by atoms with Crippen molar-refractivity contribution in [1.82, 2.24) is 5.32 Å². The quantitative estimate of drug-likeness (QED) is 0.313. The summed E-state index contributed by atoms with van der Waals surface area (Å²) in [6, 6.07) is 22.2. The molecule has 1 fully saturated rings. The molecule has 4 rings (SSSR count). The number of ether oxygens (including phenoxy) is 2. The Balaban J connectivity index is 1.60. The van der Waals surface area contributed by atoms with Gasteiger partial charge in [0.2, 0.25) is 0 Å². The van der Waals surface area contributed by atoms with Crippen LogP contribution in [-0.2, 0) is 0 Å². The highest BCUT2D eigenvalue weighted by Gasteiger charge is 2.25. The molecule has 2 N–H and O–H groups in total. The standard InChI is InChI=1S/C31H39NO3/c1-4-8-28(32-25-9-6-5-7-10-25)31(33)24-15-20-29(34-26-16-11-22(2)12-17-26)30(21-24)35-27-18-13-23(3)14-19-27/h11-21,25,28,31-33H,4-10H2,1-3H3. The number of hydrogen-bond acceptors (Lipinski definition) is 4. The summed E-state index contributed by atoms with van der Waals surface area (Å²) in [6.45, 7) is 6.28. The average molecular weight is 474 g/mol. The summed E-state index contributed by atoms with van der Waals surface area (Å²) in [5.41, 5.74) is 3.19. The fraction of sp³-hybridized carbons (Fsp3) is 0.419. The summed E-state index contributed by atoms with van der Waals surface area (Å²) in [6.07, 6.45) is 7.57. The third-order valence-electron chi connectivity index (χ3n) is 6.84. The summed E-state index contributed by atoms with van der Waals surface area (Å²) in [5, 5.41) is 15.2. The normalized spacial score (nSPS) is 16.0. The zero-order valence-electron chi connectivity index (χ0n) is 21.3. The summed E-state index contributed by atoms with van der Waals surface area (Å²) < 4.78 is 12.5. The average Bonchev–Trinajstić information content (AvgIpc) is 2.87. The van der Waals surface area contributed by atoms with Gasteiger partial charge in [-0.2, -0.15) is 0 Å². The molecule has 0 radical (unpaired) electrons. The van der Waals surface area contributed by atoms with Gasteiger partial charge in [-0.15, -0.1) is 0 Å². The predicted molar refractivity (Wildman–Crippen MR) is 143 cm³/mol. The van der Waals surface area contributed by atoms with E-state index in [4.69, 9.17) is 9.47 Å². The molecule has 1 saturated carbocycles. The van der Waals surface area contributed by atoms with E-state index in [0.717, 1.165) is 29.9 Å². The molecule has 0 saturated heterocycles. The largest absolute Gasteiger partial charge is 0.453 e. The molecule has 0 aliphatic heterocycles. The number of benzene rings is 3. The Morgan fingerprint density at radius 3 is 1.94 bits per heavy atom. The van der Waals surface area contributed by atoms with Crippen LogP contribution in [0.3, 0.4) is 0 Å². The van der Waals surface area contributed by atoms with Crippen LogP contribution in [0.15, 0.2) is 66.7 Å². The van der Waals surface area contributed by atoms with E-state index in [1.165, 1.54) is 43.2 Å². The first-order chi connectivity index (χ1) is 17.0. The molecule has 35 heavy (non-hydrogen) atoms. The van der Waals surface area contributed by atoms with E-state index >= 15 is 0 Å². The van der Waals surface area contributed by atoms with E-state index < -0.39 is 6.10 Å². The molecule has 0 bridgehead atoms. The minimum atomic E-state index is -0.620. The van der Waals surface area contributed by atoms with Gasteiger partial charge in [0.1, 0.15) is 11.5 Å². The molecule has 0 aromatic heterocycles. The summed E-state index contributed by atoms with van der Waals surface area (Å²) >= 11 is 0. The lowest BCUT2D eigenvalue weighted by molar-refractivity contribution is 0.111. The van der Waals surface area contributed by atoms with Crippen LogP contribution in [-0.4, -0.2) is 17.2 Å².